The Morgan fingerprint density at radius 3 is 2.70 bits per heavy atom. The van der Waals surface area contributed by atoms with Gasteiger partial charge in [-0.2, -0.15) is 0 Å². The predicted octanol–water partition coefficient (Wildman–Crippen LogP) is 3.62. The Labute approximate surface area is 140 Å². The average molecular weight is 346 g/mol. The third-order valence-corrected chi connectivity index (χ3v) is 5.49. The topological polar surface area (TPSA) is 72.0 Å². The van der Waals surface area contributed by atoms with Gasteiger partial charge in [-0.3, -0.25) is 4.79 Å². The van der Waals surface area contributed by atoms with Crippen LogP contribution in [0.25, 0.3) is 22.4 Å². The van der Waals surface area contributed by atoms with Crippen molar-refractivity contribution >= 4 is 51.0 Å². The fourth-order valence-corrected chi connectivity index (χ4v) is 4.12. The summed E-state index contributed by atoms with van der Waals surface area (Å²) in [5.41, 5.74) is 0.357. The zero-order valence-corrected chi connectivity index (χ0v) is 14.4. The lowest BCUT2D eigenvalue weighted by atomic mass is 10.2. The fraction of sp³-hybridized carbons (Fsp3) is 0.188. The van der Waals surface area contributed by atoms with Gasteiger partial charge in [-0.05, 0) is 43.7 Å². The van der Waals surface area contributed by atoms with Crippen molar-refractivity contribution in [1.29, 1.82) is 0 Å². The Morgan fingerprint density at radius 1 is 1.26 bits per heavy atom. The molecule has 3 rings (SSSR count). The lowest BCUT2D eigenvalue weighted by Gasteiger charge is -1.96. The zero-order valence-electron chi connectivity index (χ0n) is 12.8. The average Bonchev–Trinajstić information content (AvgIpc) is 3.08. The van der Waals surface area contributed by atoms with Crippen molar-refractivity contribution in [2.45, 2.75) is 13.8 Å². The third kappa shape index (κ3) is 2.97. The van der Waals surface area contributed by atoms with Gasteiger partial charge in [0, 0.05) is 9.75 Å². The smallest absolute Gasteiger partial charge is 0.348 e. The Balaban J connectivity index is 2.06. The van der Waals surface area contributed by atoms with Gasteiger partial charge < -0.3 is 9.72 Å². The second kappa shape index (κ2) is 6.10. The molecule has 0 saturated heterocycles. The molecule has 1 N–H and O–H groups in total. The zero-order chi connectivity index (χ0) is 16.6. The quantitative estimate of drug-likeness (QED) is 0.735. The molecule has 118 valence electrons. The largest absolute Gasteiger partial charge is 0.465 e. The van der Waals surface area contributed by atoms with Gasteiger partial charge in [0.25, 0.3) is 5.56 Å². The number of H-pyrrole nitrogens is 1. The SMILES string of the molecule is COC(=O)c1sc2nc(/C=C/c3ccc(C)s3)[nH]c(=O)c2c1C. The number of fused-ring (bicyclic) bond motifs is 1. The van der Waals surface area contributed by atoms with Crippen LogP contribution in [0, 0.1) is 13.8 Å². The molecule has 0 aliphatic heterocycles. The third-order valence-electron chi connectivity index (χ3n) is 3.36. The summed E-state index contributed by atoms with van der Waals surface area (Å²) in [5, 5.41) is 0.444. The van der Waals surface area contributed by atoms with Crippen LogP contribution in [-0.4, -0.2) is 23.0 Å². The van der Waals surface area contributed by atoms with Gasteiger partial charge in [-0.25, -0.2) is 9.78 Å². The summed E-state index contributed by atoms with van der Waals surface area (Å²) in [7, 11) is 1.32. The standard InChI is InChI=1S/C16H14N2O3S2/c1-8-4-5-10(22-8)6-7-11-17-14(19)12-9(2)13(16(20)21-3)23-15(12)18-11/h4-7H,1-3H3,(H,17,18,19)/b7-6+. The number of thiophene rings is 2. The Hall–Kier alpha value is -2.25. The van der Waals surface area contributed by atoms with Gasteiger partial charge in [0.15, 0.2) is 0 Å². The molecule has 0 amide bonds. The first-order valence-electron chi connectivity index (χ1n) is 6.86. The summed E-state index contributed by atoms with van der Waals surface area (Å²) in [4.78, 5) is 34.5. The van der Waals surface area contributed by atoms with Crippen LogP contribution in [0.4, 0.5) is 0 Å². The molecule has 0 spiro atoms. The predicted molar refractivity (Wildman–Crippen MR) is 94.3 cm³/mol. The van der Waals surface area contributed by atoms with Crippen LogP contribution in [0.5, 0.6) is 0 Å². The number of nitrogens with one attached hydrogen (secondary N) is 1. The van der Waals surface area contributed by atoms with Gasteiger partial charge in [0.2, 0.25) is 0 Å². The first-order chi connectivity index (χ1) is 11.0. The number of nitrogens with zero attached hydrogens (tertiary/aromatic N) is 1. The molecule has 0 fully saturated rings. The molecule has 0 radical (unpaired) electrons. The molecule has 0 atom stereocenters. The monoisotopic (exact) mass is 346 g/mol. The van der Waals surface area contributed by atoms with Crippen LogP contribution in [-0.2, 0) is 4.74 Å². The van der Waals surface area contributed by atoms with E-state index in [1.54, 1.807) is 24.3 Å². The van der Waals surface area contributed by atoms with Gasteiger partial charge in [0.1, 0.15) is 15.5 Å². The van der Waals surface area contributed by atoms with Gasteiger partial charge in [-0.15, -0.1) is 22.7 Å². The number of aromatic nitrogens is 2. The minimum absolute atomic E-state index is 0.249. The number of carbonyl (C=O) groups excluding carboxylic acids is 1. The first-order valence-corrected chi connectivity index (χ1v) is 8.49. The molecule has 3 aromatic heterocycles. The van der Waals surface area contributed by atoms with E-state index < -0.39 is 5.97 Å². The summed E-state index contributed by atoms with van der Waals surface area (Å²) < 4.78 is 4.74. The highest BCUT2D eigenvalue weighted by Gasteiger charge is 2.19. The lowest BCUT2D eigenvalue weighted by molar-refractivity contribution is 0.0605. The first kappa shape index (κ1) is 15.6. The minimum Gasteiger partial charge on any atom is -0.465 e. The number of carbonyl (C=O) groups is 1. The van der Waals surface area contributed by atoms with E-state index in [0.29, 0.717) is 26.5 Å². The molecule has 3 aromatic rings. The molecule has 3 heterocycles. The molecule has 0 aliphatic rings. The highest BCUT2D eigenvalue weighted by molar-refractivity contribution is 7.20. The molecule has 23 heavy (non-hydrogen) atoms. The number of aromatic amines is 1. The van der Waals surface area contributed by atoms with Gasteiger partial charge in [0.05, 0.1) is 12.5 Å². The van der Waals surface area contributed by atoms with Crippen LogP contribution < -0.4 is 5.56 Å². The van der Waals surface area contributed by atoms with E-state index in [-0.39, 0.29) is 5.56 Å². The van der Waals surface area contributed by atoms with E-state index in [4.69, 9.17) is 4.74 Å². The molecule has 0 saturated carbocycles. The maximum absolute atomic E-state index is 12.3. The van der Waals surface area contributed by atoms with Crippen molar-refractivity contribution < 1.29 is 9.53 Å². The van der Waals surface area contributed by atoms with Crippen LogP contribution >= 0.6 is 22.7 Å². The Kier molecular flexibility index (Phi) is 4.14. The van der Waals surface area contributed by atoms with E-state index >= 15 is 0 Å². The number of methoxy groups -OCH3 is 1. The lowest BCUT2D eigenvalue weighted by Crippen LogP contribution is -2.09. The normalized spacial score (nSPS) is 11.4. The molecular formula is C16H14N2O3S2. The molecule has 0 unspecified atom stereocenters. The Bertz CT molecular complexity index is 979. The molecule has 0 aromatic carbocycles. The fourth-order valence-electron chi connectivity index (χ4n) is 2.23. The Morgan fingerprint density at radius 2 is 2.04 bits per heavy atom. The van der Waals surface area contributed by atoms with Crippen LogP contribution in [0.1, 0.15) is 30.8 Å². The van der Waals surface area contributed by atoms with Crippen molar-refractivity contribution in [1.82, 2.24) is 9.97 Å². The van der Waals surface area contributed by atoms with Crippen LogP contribution in [0.2, 0.25) is 0 Å². The van der Waals surface area contributed by atoms with Crippen molar-refractivity contribution in [3.05, 3.63) is 48.5 Å². The van der Waals surface area contributed by atoms with E-state index in [2.05, 4.69) is 9.97 Å². The number of hydrogen-bond donors (Lipinski definition) is 1. The summed E-state index contributed by atoms with van der Waals surface area (Å²) in [5.74, 6) is 0.0160. The van der Waals surface area contributed by atoms with Gasteiger partial charge in [-0.1, -0.05) is 0 Å². The van der Waals surface area contributed by atoms with Crippen LogP contribution in [0.3, 0.4) is 0 Å². The van der Waals surface area contributed by atoms with Gasteiger partial charge >= 0.3 is 5.97 Å². The summed E-state index contributed by atoms with van der Waals surface area (Å²) in [6.45, 7) is 3.77. The molecule has 5 nitrogen and oxygen atoms in total. The minimum atomic E-state index is -0.448. The van der Waals surface area contributed by atoms with Crippen LogP contribution in [0.15, 0.2) is 16.9 Å². The second-order valence-electron chi connectivity index (χ2n) is 4.96. The second-order valence-corrected chi connectivity index (χ2v) is 7.28. The van der Waals surface area contributed by atoms with E-state index in [9.17, 15) is 9.59 Å². The summed E-state index contributed by atoms with van der Waals surface area (Å²) in [6.07, 6.45) is 3.67. The van der Waals surface area contributed by atoms with Crippen molar-refractivity contribution in [2.24, 2.45) is 0 Å². The van der Waals surface area contributed by atoms with E-state index in [1.807, 2.05) is 25.1 Å². The summed E-state index contributed by atoms with van der Waals surface area (Å²) in [6, 6.07) is 4.05. The highest BCUT2D eigenvalue weighted by atomic mass is 32.1. The number of esters is 1. The van der Waals surface area contributed by atoms with E-state index in [0.717, 1.165) is 4.88 Å². The number of aryl methyl sites for hydroxylation is 2. The van der Waals surface area contributed by atoms with E-state index in [1.165, 1.54) is 23.3 Å². The molecule has 0 bridgehead atoms. The molecule has 7 heteroatoms. The molecular weight excluding hydrogens is 332 g/mol. The summed E-state index contributed by atoms with van der Waals surface area (Å²) >= 11 is 2.84. The number of hydrogen-bond acceptors (Lipinski definition) is 6. The van der Waals surface area contributed by atoms with Crippen molar-refractivity contribution in [2.75, 3.05) is 7.11 Å². The highest BCUT2D eigenvalue weighted by Crippen LogP contribution is 2.27. The number of rotatable bonds is 3. The van der Waals surface area contributed by atoms with Crippen molar-refractivity contribution in [3.8, 4) is 0 Å². The van der Waals surface area contributed by atoms with Crippen molar-refractivity contribution in [3.63, 3.8) is 0 Å². The maximum atomic E-state index is 12.3. The molecule has 0 aliphatic carbocycles. The maximum Gasteiger partial charge on any atom is 0.348 e. The number of ether oxygens (including phenoxy) is 1.